The molecule has 134 valence electrons. The van der Waals surface area contributed by atoms with Crippen LogP contribution in [-0.2, 0) is 12.0 Å². The number of rotatable bonds is 7. The lowest BCUT2D eigenvalue weighted by Gasteiger charge is -2.19. The Labute approximate surface area is 163 Å². The predicted octanol–water partition coefficient (Wildman–Crippen LogP) is 2.67. The first-order valence-electron chi connectivity index (χ1n) is 7.71. The highest BCUT2D eigenvalue weighted by atomic mass is 127. The molecule has 0 spiro atoms. The second-order valence-electron chi connectivity index (χ2n) is 5.48. The van der Waals surface area contributed by atoms with Crippen molar-refractivity contribution < 1.29 is 9.52 Å². The van der Waals surface area contributed by atoms with Crippen LogP contribution in [0.15, 0.2) is 33.2 Å². The molecule has 0 bridgehead atoms. The minimum absolute atomic E-state index is 0. The Balaban J connectivity index is 0.00000288. The molecule has 0 saturated carbocycles. The number of halogens is 1. The molecule has 8 heteroatoms. The Bertz CT molecular complexity index is 626. The summed E-state index contributed by atoms with van der Waals surface area (Å²) in [6, 6.07) is 3.51. The topological polar surface area (TPSA) is 82.7 Å². The van der Waals surface area contributed by atoms with Crippen LogP contribution in [0.25, 0.3) is 0 Å². The monoisotopic (exact) mass is 464 g/mol. The van der Waals surface area contributed by atoms with Crippen molar-refractivity contribution in [1.29, 1.82) is 0 Å². The van der Waals surface area contributed by atoms with Gasteiger partial charge in [-0.25, -0.2) is 9.98 Å². The van der Waals surface area contributed by atoms with E-state index in [1.54, 1.807) is 36.7 Å². The maximum Gasteiger partial charge on any atom is 0.191 e. The van der Waals surface area contributed by atoms with Crippen molar-refractivity contribution >= 4 is 41.3 Å². The van der Waals surface area contributed by atoms with Crippen molar-refractivity contribution in [3.8, 4) is 0 Å². The summed E-state index contributed by atoms with van der Waals surface area (Å²) < 4.78 is 5.26. The number of aliphatic hydroxyl groups is 1. The van der Waals surface area contributed by atoms with Crippen LogP contribution in [0.1, 0.15) is 30.3 Å². The lowest BCUT2D eigenvalue weighted by Crippen LogP contribution is -2.39. The average molecular weight is 464 g/mol. The molecule has 0 aliphatic carbocycles. The fourth-order valence-electron chi connectivity index (χ4n) is 2.07. The summed E-state index contributed by atoms with van der Waals surface area (Å²) in [5.74, 6) is 1.18. The standard InChI is InChI=1S/C16H24N4O2S.HI/c1-4-17-15(18-8-7-13-10-23-12(2)20-13)19-11-16(3,21)14-6-5-9-22-14;/h5-6,9-10,21H,4,7-8,11H2,1-3H3,(H2,17,18,19);1H. The Morgan fingerprint density at radius 2 is 2.25 bits per heavy atom. The molecule has 0 radical (unpaired) electrons. The predicted molar refractivity (Wildman–Crippen MR) is 108 cm³/mol. The van der Waals surface area contributed by atoms with Crippen LogP contribution < -0.4 is 10.6 Å². The number of aromatic nitrogens is 1. The maximum absolute atomic E-state index is 10.4. The number of nitrogens with zero attached hydrogens (tertiary/aromatic N) is 2. The molecule has 3 N–H and O–H groups in total. The quantitative estimate of drug-likeness (QED) is 0.334. The van der Waals surface area contributed by atoms with Gasteiger partial charge >= 0.3 is 0 Å². The van der Waals surface area contributed by atoms with Gasteiger partial charge in [-0.2, -0.15) is 0 Å². The second kappa shape index (κ2) is 10.00. The van der Waals surface area contributed by atoms with Gasteiger partial charge in [0.25, 0.3) is 0 Å². The summed E-state index contributed by atoms with van der Waals surface area (Å²) in [6.07, 6.45) is 2.39. The van der Waals surface area contributed by atoms with Crippen molar-refractivity contribution in [2.24, 2.45) is 4.99 Å². The van der Waals surface area contributed by atoms with Crippen LogP contribution in [0, 0.1) is 6.92 Å². The Morgan fingerprint density at radius 1 is 1.46 bits per heavy atom. The third-order valence-electron chi connectivity index (χ3n) is 3.28. The van der Waals surface area contributed by atoms with E-state index in [0.29, 0.717) is 11.7 Å². The molecular weight excluding hydrogens is 439 g/mol. The largest absolute Gasteiger partial charge is 0.466 e. The molecule has 2 heterocycles. The molecule has 0 aliphatic rings. The summed E-state index contributed by atoms with van der Waals surface area (Å²) in [5.41, 5.74) is -0.0452. The van der Waals surface area contributed by atoms with Gasteiger partial charge in [0.2, 0.25) is 0 Å². The number of thiazole rings is 1. The Hall–Kier alpha value is -1.13. The van der Waals surface area contributed by atoms with E-state index in [1.807, 2.05) is 13.8 Å². The first kappa shape index (κ1) is 20.9. The van der Waals surface area contributed by atoms with Gasteiger partial charge in [0.1, 0.15) is 11.4 Å². The van der Waals surface area contributed by atoms with Gasteiger partial charge in [-0.1, -0.05) is 0 Å². The molecule has 1 unspecified atom stereocenters. The van der Waals surface area contributed by atoms with Crippen LogP contribution in [-0.4, -0.2) is 35.7 Å². The van der Waals surface area contributed by atoms with Crippen LogP contribution in [0.4, 0.5) is 0 Å². The SMILES string of the molecule is CCNC(=NCC(C)(O)c1ccco1)NCCc1csc(C)n1.I. The highest BCUT2D eigenvalue weighted by Gasteiger charge is 2.26. The van der Waals surface area contributed by atoms with Crippen molar-refractivity contribution in [1.82, 2.24) is 15.6 Å². The highest BCUT2D eigenvalue weighted by Crippen LogP contribution is 2.20. The number of aryl methyl sites for hydroxylation is 1. The molecule has 0 fully saturated rings. The summed E-state index contributed by atoms with van der Waals surface area (Å²) in [7, 11) is 0. The Morgan fingerprint density at radius 3 is 2.83 bits per heavy atom. The zero-order chi connectivity index (χ0) is 16.7. The molecular formula is C16H25IN4O2S. The van der Waals surface area contributed by atoms with Gasteiger partial charge in [-0.3, -0.25) is 0 Å². The minimum Gasteiger partial charge on any atom is -0.466 e. The summed E-state index contributed by atoms with van der Waals surface area (Å²) in [4.78, 5) is 8.88. The third-order valence-corrected chi connectivity index (χ3v) is 4.10. The molecule has 2 rings (SSSR count). The van der Waals surface area contributed by atoms with Gasteiger partial charge in [-0.05, 0) is 32.9 Å². The van der Waals surface area contributed by atoms with E-state index in [0.717, 1.165) is 30.2 Å². The fraction of sp³-hybridized carbons (Fsp3) is 0.500. The van der Waals surface area contributed by atoms with Crippen LogP contribution in [0.3, 0.4) is 0 Å². The molecule has 1 atom stereocenters. The molecule has 0 saturated heterocycles. The highest BCUT2D eigenvalue weighted by molar-refractivity contribution is 14.0. The molecule has 2 aromatic heterocycles. The first-order chi connectivity index (χ1) is 11.0. The number of hydrogen-bond acceptors (Lipinski definition) is 5. The summed E-state index contributed by atoms with van der Waals surface area (Å²) in [6.45, 7) is 7.40. The van der Waals surface area contributed by atoms with Gasteiger partial charge in [0.15, 0.2) is 5.96 Å². The van der Waals surface area contributed by atoms with E-state index in [9.17, 15) is 5.11 Å². The molecule has 6 nitrogen and oxygen atoms in total. The molecule has 2 aromatic rings. The van der Waals surface area contributed by atoms with Gasteiger partial charge in [0.05, 0.1) is 23.5 Å². The molecule has 0 amide bonds. The maximum atomic E-state index is 10.4. The van der Waals surface area contributed by atoms with E-state index < -0.39 is 5.60 Å². The van der Waals surface area contributed by atoms with E-state index >= 15 is 0 Å². The zero-order valence-corrected chi connectivity index (χ0v) is 17.4. The van der Waals surface area contributed by atoms with Crippen molar-refractivity contribution in [2.45, 2.75) is 32.8 Å². The van der Waals surface area contributed by atoms with Gasteiger partial charge < -0.3 is 20.2 Å². The van der Waals surface area contributed by atoms with Crippen molar-refractivity contribution in [3.63, 3.8) is 0 Å². The van der Waals surface area contributed by atoms with Crippen LogP contribution >= 0.6 is 35.3 Å². The first-order valence-corrected chi connectivity index (χ1v) is 8.59. The van der Waals surface area contributed by atoms with Crippen LogP contribution in [0.2, 0.25) is 0 Å². The van der Waals surface area contributed by atoms with Gasteiger partial charge in [-0.15, -0.1) is 35.3 Å². The van der Waals surface area contributed by atoms with E-state index in [2.05, 4.69) is 26.0 Å². The van der Waals surface area contributed by atoms with Crippen LogP contribution in [0.5, 0.6) is 0 Å². The minimum atomic E-state index is -1.13. The third kappa shape index (κ3) is 6.40. The van der Waals surface area contributed by atoms with E-state index in [-0.39, 0.29) is 30.5 Å². The summed E-state index contributed by atoms with van der Waals surface area (Å²) >= 11 is 1.66. The normalized spacial score (nSPS) is 13.9. The van der Waals surface area contributed by atoms with Crippen molar-refractivity contribution in [3.05, 3.63) is 40.2 Å². The summed E-state index contributed by atoms with van der Waals surface area (Å²) in [5, 5.41) is 20.0. The van der Waals surface area contributed by atoms with E-state index in [1.165, 1.54) is 0 Å². The number of nitrogens with one attached hydrogen (secondary N) is 2. The average Bonchev–Trinajstić information content (AvgIpc) is 3.17. The number of hydrogen-bond donors (Lipinski definition) is 3. The Kier molecular flexibility index (Phi) is 8.71. The molecule has 0 aromatic carbocycles. The van der Waals surface area contributed by atoms with Crippen molar-refractivity contribution in [2.75, 3.05) is 19.6 Å². The number of guanidine groups is 1. The smallest absolute Gasteiger partial charge is 0.191 e. The fourth-order valence-corrected chi connectivity index (χ4v) is 2.72. The zero-order valence-electron chi connectivity index (χ0n) is 14.2. The second-order valence-corrected chi connectivity index (χ2v) is 6.54. The van der Waals surface area contributed by atoms with E-state index in [4.69, 9.17) is 4.42 Å². The lowest BCUT2D eigenvalue weighted by atomic mass is 10.0. The molecule has 0 aliphatic heterocycles. The lowest BCUT2D eigenvalue weighted by molar-refractivity contribution is 0.0437. The molecule has 24 heavy (non-hydrogen) atoms. The number of furan rings is 1. The van der Waals surface area contributed by atoms with Gasteiger partial charge in [0, 0.05) is 24.9 Å². The number of aliphatic imine (C=N–C) groups is 1.